The molecule has 3 aromatic rings. The summed E-state index contributed by atoms with van der Waals surface area (Å²) in [6.07, 6.45) is 21.6. The predicted octanol–water partition coefficient (Wildman–Crippen LogP) is 12.7. The van der Waals surface area contributed by atoms with Gasteiger partial charge in [-0.15, -0.1) is 6.58 Å². The molecule has 1 amide bonds. The van der Waals surface area contributed by atoms with Gasteiger partial charge in [0.05, 0.1) is 24.8 Å². The Morgan fingerprint density at radius 1 is 0.844 bits per heavy atom. The van der Waals surface area contributed by atoms with Gasteiger partial charge in [-0.05, 0) is 97.0 Å². The van der Waals surface area contributed by atoms with E-state index in [1.807, 2.05) is 35.2 Å². The molecule has 1 saturated carbocycles. The van der Waals surface area contributed by atoms with Crippen LogP contribution in [0.5, 0.6) is 17.2 Å². The van der Waals surface area contributed by atoms with E-state index in [0.717, 1.165) is 78.3 Å². The Morgan fingerprint density at radius 3 is 2.23 bits per heavy atom. The highest BCUT2D eigenvalue weighted by atomic mass is 16.7. The number of carbonyl (C=O) groups is 1. The first-order valence-electron chi connectivity index (χ1n) is 24.6. The van der Waals surface area contributed by atoms with Crippen molar-refractivity contribution in [2.75, 3.05) is 40.1 Å². The molecule has 3 aliphatic rings. The van der Waals surface area contributed by atoms with Crippen LogP contribution < -0.4 is 9.47 Å². The highest BCUT2D eigenvalue weighted by Crippen LogP contribution is 2.62. The maximum atomic E-state index is 14.5. The van der Waals surface area contributed by atoms with Gasteiger partial charge >= 0.3 is 6.09 Å². The van der Waals surface area contributed by atoms with Gasteiger partial charge in [-0.1, -0.05) is 132 Å². The molecular formula is C54H76N2O8. The maximum absolute atomic E-state index is 14.5. The molecule has 350 valence electrons. The molecule has 3 aromatic carbocycles. The van der Waals surface area contributed by atoms with E-state index < -0.39 is 17.7 Å². The fourth-order valence-electron chi connectivity index (χ4n) is 10.6. The van der Waals surface area contributed by atoms with E-state index in [1.165, 1.54) is 44.9 Å². The molecule has 0 aromatic heterocycles. The van der Waals surface area contributed by atoms with Gasteiger partial charge in [-0.2, -0.15) is 0 Å². The molecule has 6 rings (SSSR count). The standard InChI is InChI=1S/C54H76N2O8/c1-5-8-9-10-11-12-13-14-15-22-35-61-53(59)56(31-6-2)50-39-48(55-60-4)46-37-42(25-18-20-32-57)45(26-19-21-33-58)51-47-38-44(63-43-28-27-40-23-16-17-24-41(40)36-43)29-30-49(47)64-54(50,52(46)51)62-34-7-3/h7,16-17,23-24,27-30,36-38,42,45,50-52,57-58H,3,5-6,8-15,18-22,25-26,31-35,39H2,1-2,4H3. The molecule has 10 nitrogen and oxygen atoms in total. The van der Waals surface area contributed by atoms with Crippen LogP contribution in [0.15, 0.2) is 90.1 Å². The zero-order valence-electron chi connectivity index (χ0n) is 39.0. The van der Waals surface area contributed by atoms with Crippen molar-refractivity contribution < 1.29 is 38.8 Å². The van der Waals surface area contributed by atoms with Crippen molar-refractivity contribution in [1.29, 1.82) is 0 Å². The zero-order valence-corrected chi connectivity index (χ0v) is 39.0. The Morgan fingerprint density at radius 2 is 1.53 bits per heavy atom. The summed E-state index contributed by atoms with van der Waals surface area (Å²) in [6.45, 7) is 9.63. The lowest BCUT2D eigenvalue weighted by Crippen LogP contribution is -2.70. The van der Waals surface area contributed by atoms with Crippen molar-refractivity contribution in [2.45, 2.75) is 147 Å². The number of nitrogens with zero attached hydrogens (tertiary/aromatic N) is 2. The van der Waals surface area contributed by atoms with E-state index in [9.17, 15) is 15.0 Å². The van der Waals surface area contributed by atoms with Crippen LogP contribution in [-0.4, -0.2) is 78.8 Å². The average molecular weight is 881 g/mol. The van der Waals surface area contributed by atoms with Gasteiger partial charge in [0.25, 0.3) is 0 Å². The summed E-state index contributed by atoms with van der Waals surface area (Å²) in [4.78, 5) is 22.0. The topological polar surface area (TPSA) is 119 Å². The van der Waals surface area contributed by atoms with Crippen LogP contribution >= 0.6 is 0 Å². The number of hydrogen-bond donors (Lipinski definition) is 2. The van der Waals surface area contributed by atoms with E-state index in [-0.39, 0.29) is 43.7 Å². The first-order chi connectivity index (χ1) is 31.4. The van der Waals surface area contributed by atoms with Crippen LogP contribution in [0.1, 0.15) is 141 Å². The van der Waals surface area contributed by atoms with Crippen LogP contribution in [0.2, 0.25) is 0 Å². The van der Waals surface area contributed by atoms with Gasteiger partial charge in [0.15, 0.2) is 0 Å². The third-order valence-corrected chi connectivity index (χ3v) is 13.6. The van der Waals surface area contributed by atoms with E-state index in [1.54, 1.807) is 13.2 Å². The fourth-order valence-corrected chi connectivity index (χ4v) is 10.6. The second kappa shape index (κ2) is 25.4. The molecule has 0 spiro atoms. The molecule has 6 atom stereocenters. The molecule has 2 N–H and O–H groups in total. The Balaban J connectivity index is 1.38. The Kier molecular flexibility index (Phi) is 19.4. The van der Waals surface area contributed by atoms with Gasteiger partial charge in [0, 0.05) is 37.7 Å². The lowest BCUT2D eigenvalue weighted by atomic mass is 9.55. The summed E-state index contributed by atoms with van der Waals surface area (Å²) in [6, 6.07) is 19.8. The lowest BCUT2D eigenvalue weighted by molar-refractivity contribution is -0.255. The highest BCUT2D eigenvalue weighted by molar-refractivity contribution is 6.03. The number of hydrogen-bond acceptors (Lipinski definition) is 9. The van der Waals surface area contributed by atoms with Crippen molar-refractivity contribution >= 4 is 22.6 Å². The van der Waals surface area contributed by atoms with Gasteiger partial charge in [0.2, 0.25) is 5.79 Å². The van der Waals surface area contributed by atoms with Crippen LogP contribution in [0.4, 0.5) is 4.79 Å². The molecule has 2 aliphatic carbocycles. The van der Waals surface area contributed by atoms with E-state index in [4.69, 9.17) is 28.9 Å². The average Bonchev–Trinajstić information content (AvgIpc) is 3.31. The van der Waals surface area contributed by atoms with E-state index in [0.29, 0.717) is 50.3 Å². The first-order valence-corrected chi connectivity index (χ1v) is 24.6. The number of ether oxygens (including phenoxy) is 4. The zero-order chi connectivity index (χ0) is 45.2. The molecular weight excluding hydrogens is 805 g/mol. The van der Waals surface area contributed by atoms with Crippen LogP contribution in [0.3, 0.4) is 0 Å². The normalized spacial score (nSPS) is 22.9. The molecule has 0 bridgehead atoms. The van der Waals surface area contributed by atoms with Crippen molar-refractivity contribution in [1.82, 2.24) is 4.90 Å². The second-order valence-electron chi connectivity index (χ2n) is 18.1. The fraction of sp³-hybridized carbons (Fsp3) is 0.593. The highest BCUT2D eigenvalue weighted by Gasteiger charge is 2.65. The van der Waals surface area contributed by atoms with Crippen molar-refractivity contribution in [3.05, 3.63) is 90.5 Å². The van der Waals surface area contributed by atoms with Gasteiger partial charge in [-0.25, -0.2) is 4.79 Å². The Bertz CT molecular complexity index is 1980. The molecule has 64 heavy (non-hydrogen) atoms. The smallest absolute Gasteiger partial charge is 0.410 e. The molecule has 6 unspecified atom stereocenters. The monoisotopic (exact) mass is 881 g/mol. The van der Waals surface area contributed by atoms with Crippen LogP contribution in [0.25, 0.3) is 10.8 Å². The Labute approximate surface area is 383 Å². The maximum Gasteiger partial charge on any atom is 0.410 e. The van der Waals surface area contributed by atoms with E-state index >= 15 is 0 Å². The SMILES string of the molecule is C=CCOC12Oc3ccc(Oc4ccc5ccccc5c4)cc3C3C(CCCCO)C(CCCCO)C=C(C(=NOC)CC1N(CCC)C(=O)OCCCCCCCCCCCC)C32. The van der Waals surface area contributed by atoms with Crippen LogP contribution in [-0.2, 0) is 14.3 Å². The number of benzene rings is 3. The molecule has 1 heterocycles. The molecule has 0 saturated heterocycles. The number of allylic oxidation sites excluding steroid dienone is 1. The van der Waals surface area contributed by atoms with Gasteiger partial charge in [0.1, 0.15) is 30.4 Å². The number of unbranched alkanes of at least 4 members (excludes halogenated alkanes) is 11. The number of aliphatic hydroxyl groups is 2. The third kappa shape index (κ3) is 12.1. The molecule has 0 radical (unpaired) electrons. The summed E-state index contributed by atoms with van der Waals surface area (Å²) in [5, 5.41) is 26.8. The van der Waals surface area contributed by atoms with Crippen LogP contribution in [0, 0.1) is 17.8 Å². The quantitative estimate of drug-likeness (QED) is 0.0420. The molecule has 1 aliphatic heterocycles. The minimum absolute atomic E-state index is 0.106. The minimum atomic E-state index is -1.33. The summed E-state index contributed by atoms with van der Waals surface area (Å²) in [5.41, 5.74) is 2.78. The van der Waals surface area contributed by atoms with Gasteiger partial charge in [-0.3, -0.25) is 4.90 Å². The number of aliphatic hydroxyl groups excluding tert-OH is 2. The largest absolute Gasteiger partial charge is 0.459 e. The van der Waals surface area contributed by atoms with Crippen molar-refractivity contribution in [3.63, 3.8) is 0 Å². The number of carbonyl (C=O) groups excluding carboxylic acids is 1. The predicted molar refractivity (Wildman–Crippen MR) is 256 cm³/mol. The van der Waals surface area contributed by atoms with E-state index in [2.05, 4.69) is 56.8 Å². The van der Waals surface area contributed by atoms with Crippen molar-refractivity contribution in [2.24, 2.45) is 22.9 Å². The third-order valence-electron chi connectivity index (χ3n) is 13.6. The molecule has 10 heteroatoms. The summed E-state index contributed by atoms with van der Waals surface area (Å²) < 4.78 is 27.2. The van der Waals surface area contributed by atoms with Crippen molar-refractivity contribution in [3.8, 4) is 17.2 Å². The minimum Gasteiger partial charge on any atom is -0.459 e. The number of rotatable bonds is 28. The summed E-state index contributed by atoms with van der Waals surface area (Å²) in [7, 11) is 1.57. The second-order valence-corrected chi connectivity index (χ2v) is 18.1. The summed E-state index contributed by atoms with van der Waals surface area (Å²) in [5.74, 6) is 0.478. The molecule has 1 fully saturated rings. The first kappa shape index (κ1) is 49.1. The number of fused-ring (bicyclic) bond motifs is 3. The number of oxime groups is 1. The number of amides is 1. The van der Waals surface area contributed by atoms with Gasteiger partial charge < -0.3 is 34.0 Å². The summed E-state index contributed by atoms with van der Waals surface area (Å²) >= 11 is 0. The lowest BCUT2D eigenvalue weighted by Gasteiger charge is -2.59. The Hall–Kier alpha value is -4.38.